The van der Waals surface area contributed by atoms with Gasteiger partial charge in [-0.05, 0) is 78.2 Å². The molecule has 18 heavy (non-hydrogen) atoms. The Balaban J connectivity index is 1.71. The van der Waals surface area contributed by atoms with Gasteiger partial charge in [-0.25, -0.2) is 0 Å². The average molecular weight is 262 g/mol. The number of thiophene rings is 1. The summed E-state index contributed by atoms with van der Waals surface area (Å²) in [5.41, 5.74) is 1.91. The van der Waals surface area contributed by atoms with Crippen molar-refractivity contribution in [2.75, 3.05) is 0 Å². The molecule has 0 saturated heterocycles. The van der Waals surface area contributed by atoms with Gasteiger partial charge in [-0.15, -0.1) is 0 Å². The van der Waals surface area contributed by atoms with Gasteiger partial charge in [0.2, 0.25) is 0 Å². The highest BCUT2D eigenvalue weighted by Crippen LogP contribution is 2.68. The summed E-state index contributed by atoms with van der Waals surface area (Å²) in [5.74, 6) is 1.79. The summed E-state index contributed by atoms with van der Waals surface area (Å²) >= 11 is 1.71. The van der Waals surface area contributed by atoms with Crippen molar-refractivity contribution < 1.29 is 5.11 Å². The second-order valence-electron chi connectivity index (χ2n) is 7.59. The molecule has 1 N–H and O–H groups in total. The second kappa shape index (κ2) is 3.61. The van der Waals surface area contributed by atoms with Crippen molar-refractivity contribution in [3.63, 3.8) is 0 Å². The van der Waals surface area contributed by atoms with Crippen LogP contribution in [-0.4, -0.2) is 5.11 Å². The standard InChI is InChI=1S/C16H22OS/c1-15-5-11-4-12(6-15)8-16(7-11,10-15)14(17)13-2-3-18-9-13/h2-3,9,11-12,14,17H,4-8,10H2,1H3. The van der Waals surface area contributed by atoms with Gasteiger partial charge in [0, 0.05) is 5.41 Å². The summed E-state index contributed by atoms with van der Waals surface area (Å²) in [6, 6.07) is 2.12. The van der Waals surface area contributed by atoms with E-state index in [2.05, 4.69) is 23.8 Å². The Hall–Kier alpha value is -0.340. The van der Waals surface area contributed by atoms with Crippen LogP contribution in [-0.2, 0) is 0 Å². The van der Waals surface area contributed by atoms with Gasteiger partial charge in [0.25, 0.3) is 0 Å². The molecule has 1 aromatic rings. The second-order valence-corrected chi connectivity index (χ2v) is 8.37. The first-order chi connectivity index (χ1) is 8.59. The third-order valence-electron chi connectivity index (χ3n) is 5.84. The Morgan fingerprint density at radius 3 is 2.56 bits per heavy atom. The predicted molar refractivity (Wildman–Crippen MR) is 74.5 cm³/mol. The molecule has 4 saturated carbocycles. The first-order valence-electron chi connectivity index (χ1n) is 7.29. The molecule has 0 aliphatic heterocycles. The summed E-state index contributed by atoms with van der Waals surface area (Å²) in [6.45, 7) is 2.47. The quantitative estimate of drug-likeness (QED) is 0.838. The van der Waals surface area contributed by atoms with E-state index in [0.717, 1.165) is 11.8 Å². The lowest BCUT2D eigenvalue weighted by atomic mass is 9.43. The van der Waals surface area contributed by atoms with Crippen molar-refractivity contribution in [2.45, 2.75) is 51.6 Å². The Morgan fingerprint density at radius 2 is 2.00 bits per heavy atom. The summed E-state index contributed by atoms with van der Waals surface area (Å²) in [7, 11) is 0. The zero-order valence-electron chi connectivity index (χ0n) is 11.1. The van der Waals surface area contributed by atoms with Crippen LogP contribution in [0.25, 0.3) is 0 Å². The minimum atomic E-state index is -0.214. The van der Waals surface area contributed by atoms with Crippen LogP contribution in [0, 0.1) is 22.7 Å². The lowest BCUT2D eigenvalue weighted by Crippen LogP contribution is -2.53. The number of aliphatic hydroxyl groups is 1. The maximum Gasteiger partial charge on any atom is 0.0854 e. The van der Waals surface area contributed by atoms with Crippen LogP contribution in [0.5, 0.6) is 0 Å². The summed E-state index contributed by atoms with van der Waals surface area (Å²) < 4.78 is 0. The molecule has 5 rings (SSSR count). The fraction of sp³-hybridized carbons (Fsp3) is 0.750. The van der Waals surface area contributed by atoms with Crippen molar-refractivity contribution in [1.82, 2.24) is 0 Å². The van der Waals surface area contributed by atoms with Crippen LogP contribution >= 0.6 is 11.3 Å². The number of rotatable bonds is 2. The van der Waals surface area contributed by atoms with Gasteiger partial charge in [-0.2, -0.15) is 11.3 Å². The Labute approximate surface area is 113 Å². The lowest BCUT2D eigenvalue weighted by molar-refractivity contribution is -0.155. The van der Waals surface area contributed by atoms with Crippen LogP contribution < -0.4 is 0 Å². The topological polar surface area (TPSA) is 20.2 Å². The molecular weight excluding hydrogens is 240 g/mol. The zero-order chi connectivity index (χ0) is 12.4. The Bertz CT molecular complexity index is 436. The molecule has 2 heteroatoms. The van der Waals surface area contributed by atoms with E-state index in [-0.39, 0.29) is 11.5 Å². The predicted octanol–water partition coefficient (Wildman–Crippen LogP) is 4.39. The molecule has 1 aromatic heterocycles. The van der Waals surface area contributed by atoms with Crippen LogP contribution in [0.15, 0.2) is 16.8 Å². The first-order valence-corrected chi connectivity index (χ1v) is 8.23. The summed E-state index contributed by atoms with van der Waals surface area (Å²) in [4.78, 5) is 0. The lowest BCUT2D eigenvalue weighted by Gasteiger charge is -2.62. The third-order valence-corrected chi connectivity index (χ3v) is 6.54. The molecule has 3 unspecified atom stereocenters. The van der Waals surface area contributed by atoms with Crippen molar-refractivity contribution in [2.24, 2.45) is 22.7 Å². The minimum absolute atomic E-state index is 0.208. The van der Waals surface area contributed by atoms with Crippen LogP contribution in [0.2, 0.25) is 0 Å². The zero-order valence-corrected chi connectivity index (χ0v) is 11.9. The molecular formula is C16H22OS. The highest BCUT2D eigenvalue weighted by atomic mass is 32.1. The molecule has 4 fully saturated rings. The normalized spacial score (nSPS) is 47.4. The van der Waals surface area contributed by atoms with Gasteiger partial charge in [-0.3, -0.25) is 0 Å². The molecule has 4 aliphatic carbocycles. The fourth-order valence-electron chi connectivity index (χ4n) is 5.90. The molecule has 0 spiro atoms. The van der Waals surface area contributed by atoms with Crippen molar-refractivity contribution in [1.29, 1.82) is 0 Å². The van der Waals surface area contributed by atoms with E-state index in [9.17, 15) is 5.11 Å². The fourth-order valence-corrected chi connectivity index (χ4v) is 6.58. The third kappa shape index (κ3) is 1.55. The largest absolute Gasteiger partial charge is 0.388 e. The summed E-state index contributed by atoms with van der Waals surface area (Å²) in [6.07, 6.45) is 7.86. The SMILES string of the molecule is CC12CC3CC(C1)CC(C(O)c1ccsc1)(C3)C2. The number of aliphatic hydroxyl groups excluding tert-OH is 1. The van der Waals surface area contributed by atoms with E-state index < -0.39 is 0 Å². The van der Waals surface area contributed by atoms with Crippen LogP contribution in [0.4, 0.5) is 0 Å². The van der Waals surface area contributed by atoms with Gasteiger partial charge >= 0.3 is 0 Å². The van der Waals surface area contributed by atoms with Gasteiger partial charge in [-0.1, -0.05) is 6.92 Å². The van der Waals surface area contributed by atoms with E-state index in [0.29, 0.717) is 5.41 Å². The molecule has 0 aromatic carbocycles. The maximum absolute atomic E-state index is 10.9. The van der Waals surface area contributed by atoms with E-state index >= 15 is 0 Å². The monoisotopic (exact) mass is 262 g/mol. The molecule has 3 atom stereocenters. The molecule has 1 heterocycles. The molecule has 98 valence electrons. The van der Waals surface area contributed by atoms with E-state index in [1.807, 2.05) is 0 Å². The smallest absolute Gasteiger partial charge is 0.0854 e. The van der Waals surface area contributed by atoms with Crippen LogP contribution in [0.1, 0.15) is 57.1 Å². The summed E-state index contributed by atoms with van der Waals surface area (Å²) in [5, 5.41) is 15.1. The highest BCUT2D eigenvalue weighted by Gasteiger charge is 2.58. The maximum atomic E-state index is 10.9. The van der Waals surface area contributed by atoms with E-state index in [4.69, 9.17) is 0 Å². The molecule has 0 radical (unpaired) electrons. The van der Waals surface area contributed by atoms with Gasteiger partial charge in [0.15, 0.2) is 0 Å². The highest BCUT2D eigenvalue weighted by molar-refractivity contribution is 7.07. The molecule has 0 amide bonds. The Morgan fingerprint density at radius 1 is 1.28 bits per heavy atom. The van der Waals surface area contributed by atoms with Crippen molar-refractivity contribution >= 4 is 11.3 Å². The van der Waals surface area contributed by atoms with Crippen LogP contribution in [0.3, 0.4) is 0 Å². The van der Waals surface area contributed by atoms with Crippen molar-refractivity contribution in [3.05, 3.63) is 22.4 Å². The molecule has 4 aliphatic rings. The minimum Gasteiger partial charge on any atom is -0.388 e. The molecule has 4 bridgehead atoms. The number of hydrogen-bond donors (Lipinski definition) is 1. The molecule has 1 nitrogen and oxygen atoms in total. The van der Waals surface area contributed by atoms with Crippen molar-refractivity contribution in [3.8, 4) is 0 Å². The average Bonchev–Trinajstić information content (AvgIpc) is 2.77. The van der Waals surface area contributed by atoms with E-state index in [1.54, 1.807) is 11.3 Å². The Kier molecular flexibility index (Phi) is 2.30. The number of hydrogen-bond acceptors (Lipinski definition) is 2. The van der Waals surface area contributed by atoms with Gasteiger partial charge < -0.3 is 5.11 Å². The first kappa shape index (κ1) is 11.5. The van der Waals surface area contributed by atoms with Gasteiger partial charge in [0.05, 0.1) is 6.10 Å². The van der Waals surface area contributed by atoms with E-state index in [1.165, 1.54) is 44.1 Å². The van der Waals surface area contributed by atoms with Gasteiger partial charge in [0.1, 0.15) is 0 Å².